The number of carbonyl (C=O) groups is 1. The van der Waals surface area contributed by atoms with E-state index >= 15 is 0 Å². The highest BCUT2D eigenvalue weighted by molar-refractivity contribution is 7.13. The van der Waals surface area contributed by atoms with Crippen LogP contribution in [0.1, 0.15) is 22.3 Å². The molecule has 1 amide bonds. The number of nitrogens with one attached hydrogen (secondary N) is 1. The van der Waals surface area contributed by atoms with Crippen molar-refractivity contribution in [2.45, 2.75) is 13.0 Å². The van der Waals surface area contributed by atoms with Gasteiger partial charge in [0.25, 0.3) is 5.91 Å². The summed E-state index contributed by atoms with van der Waals surface area (Å²) >= 11 is 1.56. The number of thiophene rings is 1. The number of hydrogen-bond acceptors (Lipinski definition) is 4. The number of nitrogens with zero attached hydrogens (tertiary/aromatic N) is 2. The minimum atomic E-state index is -0.161. The Morgan fingerprint density at radius 3 is 2.75 bits per heavy atom. The molecule has 0 fully saturated rings. The van der Waals surface area contributed by atoms with Gasteiger partial charge in [0, 0.05) is 19.3 Å². The van der Waals surface area contributed by atoms with E-state index in [1.165, 1.54) is 0 Å². The summed E-state index contributed by atoms with van der Waals surface area (Å²) < 4.78 is 1.80. The molecule has 2 heterocycles. The molecule has 0 radical (unpaired) electrons. The second-order valence-corrected chi connectivity index (χ2v) is 6.33. The predicted octanol–water partition coefficient (Wildman–Crippen LogP) is 2.77. The van der Waals surface area contributed by atoms with Gasteiger partial charge in [-0.25, -0.2) is 0 Å². The standard InChI is InChI=1S/C18H19N3O2S/c22-10-5-9-19-18(23)15-13-21(12-14-6-2-1-3-7-14)20-17(15)16-8-4-11-24-16/h1-4,6-8,11,13,22H,5,9-10,12H2,(H,19,23). The molecule has 0 aliphatic carbocycles. The van der Waals surface area contributed by atoms with Gasteiger partial charge < -0.3 is 10.4 Å². The predicted molar refractivity (Wildman–Crippen MR) is 95.1 cm³/mol. The first-order valence-electron chi connectivity index (χ1n) is 7.82. The van der Waals surface area contributed by atoms with Crippen molar-refractivity contribution in [3.05, 3.63) is 65.2 Å². The van der Waals surface area contributed by atoms with Crippen LogP contribution in [0.4, 0.5) is 0 Å². The number of amides is 1. The van der Waals surface area contributed by atoms with E-state index in [1.807, 2.05) is 47.8 Å². The number of carbonyl (C=O) groups excluding carboxylic acids is 1. The SMILES string of the molecule is O=C(NCCCO)c1cn(Cc2ccccc2)nc1-c1cccs1. The molecule has 3 rings (SSSR count). The van der Waals surface area contributed by atoms with Crippen LogP contribution in [0, 0.1) is 0 Å². The number of aliphatic hydroxyl groups excluding tert-OH is 1. The minimum Gasteiger partial charge on any atom is -0.396 e. The van der Waals surface area contributed by atoms with Crippen LogP contribution in [-0.2, 0) is 6.54 Å². The van der Waals surface area contributed by atoms with Gasteiger partial charge in [-0.15, -0.1) is 11.3 Å². The Bertz CT molecular complexity index is 782. The zero-order chi connectivity index (χ0) is 16.8. The zero-order valence-electron chi connectivity index (χ0n) is 13.2. The van der Waals surface area contributed by atoms with E-state index < -0.39 is 0 Å². The van der Waals surface area contributed by atoms with Crippen molar-refractivity contribution in [1.29, 1.82) is 0 Å². The third-order valence-corrected chi connectivity index (χ3v) is 4.45. The van der Waals surface area contributed by atoms with E-state index in [0.717, 1.165) is 10.4 Å². The van der Waals surface area contributed by atoms with Crippen molar-refractivity contribution in [1.82, 2.24) is 15.1 Å². The summed E-state index contributed by atoms with van der Waals surface area (Å²) in [5, 5.41) is 18.3. The average Bonchev–Trinajstić information content (AvgIpc) is 3.25. The number of hydrogen-bond donors (Lipinski definition) is 2. The van der Waals surface area contributed by atoms with Crippen molar-refractivity contribution < 1.29 is 9.90 Å². The number of aromatic nitrogens is 2. The van der Waals surface area contributed by atoms with E-state index in [4.69, 9.17) is 5.11 Å². The van der Waals surface area contributed by atoms with Gasteiger partial charge in [0.15, 0.2) is 0 Å². The Balaban J connectivity index is 1.86. The van der Waals surface area contributed by atoms with Gasteiger partial charge in [-0.1, -0.05) is 36.4 Å². The van der Waals surface area contributed by atoms with Gasteiger partial charge in [-0.3, -0.25) is 9.48 Å². The number of rotatable bonds is 7. The lowest BCUT2D eigenvalue weighted by Gasteiger charge is -2.03. The molecule has 24 heavy (non-hydrogen) atoms. The average molecular weight is 341 g/mol. The summed E-state index contributed by atoms with van der Waals surface area (Å²) in [6.07, 6.45) is 2.33. The highest BCUT2D eigenvalue weighted by Gasteiger charge is 2.18. The lowest BCUT2D eigenvalue weighted by molar-refractivity contribution is 0.0951. The lowest BCUT2D eigenvalue weighted by Crippen LogP contribution is -2.25. The van der Waals surface area contributed by atoms with Gasteiger partial charge >= 0.3 is 0 Å². The molecule has 0 atom stereocenters. The second-order valence-electron chi connectivity index (χ2n) is 5.38. The molecule has 6 heteroatoms. The number of benzene rings is 1. The molecule has 0 saturated heterocycles. The van der Waals surface area contributed by atoms with Gasteiger partial charge in [0.1, 0.15) is 5.69 Å². The first-order chi connectivity index (χ1) is 11.8. The number of aliphatic hydroxyl groups is 1. The molecule has 2 N–H and O–H groups in total. The van der Waals surface area contributed by atoms with Crippen LogP contribution in [0.5, 0.6) is 0 Å². The Kier molecular flexibility index (Phi) is 5.40. The van der Waals surface area contributed by atoms with Crippen LogP contribution in [0.2, 0.25) is 0 Å². The molecule has 0 spiro atoms. The maximum Gasteiger partial charge on any atom is 0.255 e. The second kappa shape index (κ2) is 7.90. The van der Waals surface area contributed by atoms with Crippen molar-refractivity contribution in [3.63, 3.8) is 0 Å². The quantitative estimate of drug-likeness (QED) is 0.649. The topological polar surface area (TPSA) is 67.2 Å². The van der Waals surface area contributed by atoms with Crippen molar-refractivity contribution >= 4 is 17.2 Å². The van der Waals surface area contributed by atoms with Crippen LogP contribution in [0.3, 0.4) is 0 Å². The smallest absolute Gasteiger partial charge is 0.255 e. The van der Waals surface area contributed by atoms with E-state index in [9.17, 15) is 4.79 Å². The summed E-state index contributed by atoms with van der Waals surface area (Å²) in [7, 11) is 0. The molecule has 0 aliphatic heterocycles. The molecule has 0 unspecified atom stereocenters. The molecule has 2 aromatic heterocycles. The molecule has 0 saturated carbocycles. The van der Waals surface area contributed by atoms with Crippen LogP contribution >= 0.6 is 11.3 Å². The monoisotopic (exact) mass is 341 g/mol. The summed E-state index contributed by atoms with van der Waals surface area (Å²) in [5.41, 5.74) is 2.39. The van der Waals surface area contributed by atoms with Crippen molar-refractivity contribution in [2.24, 2.45) is 0 Å². The molecule has 5 nitrogen and oxygen atoms in total. The Hall–Kier alpha value is -2.44. The lowest BCUT2D eigenvalue weighted by atomic mass is 10.2. The Morgan fingerprint density at radius 2 is 2.04 bits per heavy atom. The molecular weight excluding hydrogens is 322 g/mol. The largest absolute Gasteiger partial charge is 0.396 e. The molecular formula is C18H19N3O2S. The van der Waals surface area contributed by atoms with Crippen molar-refractivity contribution in [2.75, 3.05) is 13.2 Å². The zero-order valence-corrected chi connectivity index (χ0v) is 14.0. The van der Waals surface area contributed by atoms with E-state index in [1.54, 1.807) is 22.2 Å². The first kappa shape index (κ1) is 16.4. The van der Waals surface area contributed by atoms with Crippen LogP contribution < -0.4 is 5.32 Å². The molecule has 0 bridgehead atoms. The molecule has 1 aromatic carbocycles. The van der Waals surface area contributed by atoms with Gasteiger partial charge in [-0.05, 0) is 23.4 Å². The summed E-state index contributed by atoms with van der Waals surface area (Å²) in [6, 6.07) is 13.9. The molecule has 124 valence electrons. The Morgan fingerprint density at radius 1 is 1.21 bits per heavy atom. The minimum absolute atomic E-state index is 0.0608. The van der Waals surface area contributed by atoms with E-state index in [2.05, 4.69) is 10.4 Å². The fourth-order valence-corrected chi connectivity index (χ4v) is 3.13. The van der Waals surface area contributed by atoms with Crippen molar-refractivity contribution in [3.8, 4) is 10.6 Å². The first-order valence-corrected chi connectivity index (χ1v) is 8.70. The maximum atomic E-state index is 12.5. The third-order valence-electron chi connectivity index (χ3n) is 3.57. The molecule has 3 aromatic rings. The maximum absolute atomic E-state index is 12.5. The van der Waals surface area contributed by atoms with E-state index in [0.29, 0.717) is 30.8 Å². The normalized spacial score (nSPS) is 10.7. The van der Waals surface area contributed by atoms with Gasteiger partial charge in [0.05, 0.1) is 17.0 Å². The fourth-order valence-electron chi connectivity index (χ4n) is 2.41. The summed E-state index contributed by atoms with van der Waals surface area (Å²) in [4.78, 5) is 13.4. The molecule has 0 aliphatic rings. The van der Waals surface area contributed by atoms with Gasteiger partial charge in [-0.2, -0.15) is 5.10 Å². The highest BCUT2D eigenvalue weighted by atomic mass is 32.1. The van der Waals surface area contributed by atoms with Crippen LogP contribution in [0.15, 0.2) is 54.0 Å². The van der Waals surface area contributed by atoms with Gasteiger partial charge in [0.2, 0.25) is 0 Å². The Labute approximate surface area is 144 Å². The summed E-state index contributed by atoms with van der Waals surface area (Å²) in [6.45, 7) is 1.12. The van der Waals surface area contributed by atoms with Crippen LogP contribution in [0.25, 0.3) is 10.6 Å². The van der Waals surface area contributed by atoms with E-state index in [-0.39, 0.29) is 12.5 Å². The van der Waals surface area contributed by atoms with Crippen LogP contribution in [-0.4, -0.2) is 33.9 Å². The highest BCUT2D eigenvalue weighted by Crippen LogP contribution is 2.27. The fraction of sp³-hybridized carbons (Fsp3) is 0.222. The summed E-state index contributed by atoms with van der Waals surface area (Å²) in [5.74, 6) is -0.161. The third kappa shape index (κ3) is 3.90.